The van der Waals surface area contributed by atoms with Crippen molar-refractivity contribution in [2.45, 2.75) is 31.9 Å². The minimum atomic E-state index is -4.08. The van der Waals surface area contributed by atoms with Gasteiger partial charge in [-0.1, -0.05) is 13.8 Å². The standard InChI is InChI=1S/C5H12O3S2/c1-3-5(4-2)9-10(6,7)8/h5H,3-4H2,1-2H3,(H,6,7,8)/p-1. The van der Waals surface area contributed by atoms with Crippen LogP contribution in [0.2, 0.25) is 0 Å². The average Bonchev–Trinajstić information content (AvgIpc) is 1.81. The molecule has 0 spiro atoms. The first-order valence-electron chi connectivity index (χ1n) is 3.13. The highest BCUT2D eigenvalue weighted by molar-refractivity contribution is 8.70. The summed E-state index contributed by atoms with van der Waals surface area (Å²) < 4.78 is 30.5. The molecule has 0 N–H and O–H groups in total. The third-order valence-corrected chi connectivity index (χ3v) is 3.86. The summed E-state index contributed by atoms with van der Waals surface area (Å²) in [6.45, 7) is 3.73. The predicted molar refractivity (Wildman–Crippen MR) is 41.7 cm³/mol. The molecule has 0 unspecified atom stereocenters. The topological polar surface area (TPSA) is 57.2 Å². The van der Waals surface area contributed by atoms with Crippen molar-refractivity contribution >= 4 is 19.9 Å². The highest BCUT2D eigenvalue weighted by atomic mass is 33.1. The van der Waals surface area contributed by atoms with Gasteiger partial charge in [-0.2, -0.15) is 0 Å². The average molecular weight is 183 g/mol. The first-order chi connectivity index (χ1) is 4.49. The summed E-state index contributed by atoms with van der Waals surface area (Å²) >= 11 is 0. The molecule has 0 heterocycles. The van der Waals surface area contributed by atoms with Gasteiger partial charge in [0.15, 0.2) is 0 Å². The normalized spacial score (nSPS) is 12.4. The van der Waals surface area contributed by atoms with Gasteiger partial charge in [0.05, 0.1) is 0 Å². The Morgan fingerprint density at radius 2 is 1.80 bits per heavy atom. The molecule has 0 aromatic carbocycles. The van der Waals surface area contributed by atoms with Gasteiger partial charge in [0.1, 0.15) is 9.15 Å². The van der Waals surface area contributed by atoms with Gasteiger partial charge < -0.3 is 4.55 Å². The lowest BCUT2D eigenvalue weighted by Crippen LogP contribution is -2.03. The molecule has 0 aliphatic rings. The number of hydrogen-bond donors (Lipinski definition) is 0. The molecule has 10 heavy (non-hydrogen) atoms. The Morgan fingerprint density at radius 1 is 1.40 bits per heavy atom. The maximum atomic E-state index is 10.2. The Morgan fingerprint density at radius 3 is 1.90 bits per heavy atom. The number of rotatable bonds is 4. The Bertz CT molecular complexity index is 169. The summed E-state index contributed by atoms with van der Waals surface area (Å²) in [7, 11) is -3.56. The fourth-order valence-corrected chi connectivity index (χ4v) is 3.01. The van der Waals surface area contributed by atoms with Crippen molar-refractivity contribution in [1.82, 2.24) is 0 Å². The largest absolute Gasteiger partial charge is 0.739 e. The molecular formula is C5H11O3S2-. The van der Waals surface area contributed by atoms with Gasteiger partial charge in [-0.15, -0.1) is 0 Å². The summed E-state index contributed by atoms with van der Waals surface area (Å²) in [5, 5.41) is -0.0394. The Labute approximate surface area is 65.4 Å². The van der Waals surface area contributed by atoms with E-state index in [1.54, 1.807) is 0 Å². The van der Waals surface area contributed by atoms with E-state index in [4.69, 9.17) is 0 Å². The van der Waals surface area contributed by atoms with Gasteiger partial charge in [-0.05, 0) is 23.6 Å². The summed E-state index contributed by atoms with van der Waals surface area (Å²) in [4.78, 5) is 0. The lowest BCUT2D eigenvalue weighted by atomic mass is 10.3. The first-order valence-corrected chi connectivity index (χ1v) is 5.94. The summed E-state index contributed by atoms with van der Waals surface area (Å²) in [5.74, 6) is 0. The van der Waals surface area contributed by atoms with Crippen molar-refractivity contribution in [3.63, 3.8) is 0 Å². The van der Waals surface area contributed by atoms with Crippen molar-refractivity contribution in [3.8, 4) is 0 Å². The molecular weight excluding hydrogens is 172 g/mol. The van der Waals surface area contributed by atoms with Crippen LogP contribution in [0.5, 0.6) is 0 Å². The summed E-state index contributed by atoms with van der Waals surface area (Å²) in [6, 6.07) is 0. The van der Waals surface area contributed by atoms with Crippen molar-refractivity contribution in [1.29, 1.82) is 0 Å². The highest BCUT2D eigenvalue weighted by Crippen LogP contribution is 2.22. The SMILES string of the molecule is CCC(CC)SS(=O)(=O)[O-]. The van der Waals surface area contributed by atoms with Crippen LogP contribution in [0, 0.1) is 0 Å². The fourth-order valence-electron chi connectivity index (χ4n) is 0.591. The zero-order valence-corrected chi connectivity index (χ0v) is 7.67. The third kappa shape index (κ3) is 5.08. The van der Waals surface area contributed by atoms with Crippen molar-refractivity contribution in [3.05, 3.63) is 0 Å². The van der Waals surface area contributed by atoms with Crippen LogP contribution < -0.4 is 0 Å². The minimum absolute atomic E-state index is 0.0394. The molecule has 0 amide bonds. The minimum Gasteiger partial charge on any atom is -0.739 e. The lowest BCUT2D eigenvalue weighted by Gasteiger charge is -2.13. The quantitative estimate of drug-likeness (QED) is 0.488. The molecule has 0 radical (unpaired) electrons. The van der Waals surface area contributed by atoms with Gasteiger partial charge in [-0.25, -0.2) is 8.42 Å². The van der Waals surface area contributed by atoms with E-state index in [0.29, 0.717) is 10.8 Å². The van der Waals surface area contributed by atoms with Crippen LogP contribution in [0.1, 0.15) is 26.7 Å². The monoisotopic (exact) mass is 183 g/mol. The maximum Gasteiger partial charge on any atom is 0.149 e. The fraction of sp³-hybridized carbons (Fsp3) is 1.00. The second-order valence-electron chi connectivity index (χ2n) is 1.94. The smallest absolute Gasteiger partial charge is 0.149 e. The molecule has 0 aromatic heterocycles. The van der Waals surface area contributed by atoms with Crippen molar-refractivity contribution < 1.29 is 13.0 Å². The first kappa shape index (κ1) is 10.3. The maximum absolute atomic E-state index is 10.2. The van der Waals surface area contributed by atoms with E-state index in [0.717, 1.165) is 12.8 Å². The van der Waals surface area contributed by atoms with Gasteiger partial charge in [-0.3, -0.25) is 0 Å². The number of hydrogen-bond acceptors (Lipinski definition) is 4. The Balaban J connectivity index is 3.87. The highest BCUT2D eigenvalue weighted by Gasteiger charge is 2.07. The van der Waals surface area contributed by atoms with E-state index < -0.39 is 9.15 Å². The predicted octanol–water partition coefficient (Wildman–Crippen LogP) is 1.37. The van der Waals surface area contributed by atoms with E-state index >= 15 is 0 Å². The van der Waals surface area contributed by atoms with Crippen LogP contribution in [-0.4, -0.2) is 18.2 Å². The zero-order chi connectivity index (χ0) is 8.20. The van der Waals surface area contributed by atoms with Gasteiger partial charge in [0.25, 0.3) is 0 Å². The molecule has 5 heteroatoms. The molecule has 0 aromatic rings. The second kappa shape index (κ2) is 4.20. The molecule has 0 saturated heterocycles. The molecule has 0 aliphatic heterocycles. The molecule has 3 nitrogen and oxygen atoms in total. The molecule has 0 aliphatic carbocycles. The van der Waals surface area contributed by atoms with E-state index in [9.17, 15) is 13.0 Å². The van der Waals surface area contributed by atoms with Crippen LogP contribution in [0.3, 0.4) is 0 Å². The third-order valence-electron chi connectivity index (χ3n) is 1.16. The van der Waals surface area contributed by atoms with E-state index in [1.807, 2.05) is 13.8 Å². The molecule has 0 atom stereocenters. The molecule has 0 bridgehead atoms. The summed E-state index contributed by atoms with van der Waals surface area (Å²) in [6.07, 6.45) is 1.45. The van der Waals surface area contributed by atoms with Crippen LogP contribution in [0.25, 0.3) is 0 Å². The van der Waals surface area contributed by atoms with E-state index in [2.05, 4.69) is 0 Å². The Kier molecular flexibility index (Phi) is 4.31. The van der Waals surface area contributed by atoms with Gasteiger partial charge in [0.2, 0.25) is 0 Å². The van der Waals surface area contributed by atoms with Crippen molar-refractivity contribution in [2.24, 2.45) is 0 Å². The Hall–Kier alpha value is 0.260. The summed E-state index contributed by atoms with van der Waals surface area (Å²) in [5.41, 5.74) is 0. The second-order valence-corrected chi connectivity index (χ2v) is 5.42. The van der Waals surface area contributed by atoms with Gasteiger partial charge in [0, 0.05) is 5.25 Å². The zero-order valence-electron chi connectivity index (χ0n) is 6.03. The molecule has 0 fully saturated rings. The van der Waals surface area contributed by atoms with Gasteiger partial charge >= 0.3 is 0 Å². The van der Waals surface area contributed by atoms with E-state index in [-0.39, 0.29) is 5.25 Å². The lowest BCUT2D eigenvalue weighted by molar-refractivity contribution is 0.482. The van der Waals surface area contributed by atoms with Crippen LogP contribution in [0.15, 0.2) is 0 Å². The van der Waals surface area contributed by atoms with Crippen molar-refractivity contribution in [2.75, 3.05) is 0 Å². The van der Waals surface area contributed by atoms with E-state index in [1.165, 1.54) is 0 Å². The van der Waals surface area contributed by atoms with Crippen LogP contribution in [-0.2, 0) is 9.15 Å². The van der Waals surface area contributed by atoms with Crippen LogP contribution >= 0.6 is 10.8 Å². The molecule has 0 rings (SSSR count). The molecule has 62 valence electrons. The molecule has 0 saturated carbocycles. The van der Waals surface area contributed by atoms with Crippen LogP contribution in [0.4, 0.5) is 0 Å².